The fraction of sp³-hybridized carbons (Fsp3) is 0.640. The van der Waals surface area contributed by atoms with Gasteiger partial charge in [-0.2, -0.15) is 0 Å². The maximum Gasteiger partial charge on any atom is 0.311 e. The highest BCUT2D eigenvalue weighted by Crippen LogP contribution is 2.56. The number of fused-ring (bicyclic) bond motifs is 2. The normalized spacial score (nSPS) is 38.3. The predicted octanol–water partition coefficient (Wildman–Crippen LogP) is 3.23. The van der Waals surface area contributed by atoms with Crippen molar-refractivity contribution in [1.29, 1.82) is 0 Å². The van der Waals surface area contributed by atoms with Crippen LogP contribution >= 0.6 is 0 Å². The van der Waals surface area contributed by atoms with Gasteiger partial charge in [0.2, 0.25) is 0 Å². The summed E-state index contributed by atoms with van der Waals surface area (Å²) in [6.07, 6.45) is 4.42. The van der Waals surface area contributed by atoms with Gasteiger partial charge in [0.05, 0.1) is 12.0 Å². The maximum atomic E-state index is 13.2. The molecule has 31 heavy (non-hydrogen) atoms. The largest absolute Gasteiger partial charge is 0.461 e. The highest BCUT2D eigenvalue weighted by atomic mass is 19.1. The molecule has 2 aliphatic heterocycles. The number of allylic oxidation sites excluding steroid dienone is 1. The molecule has 0 bridgehead atoms. The predicted molar refractivity (Wildman–Crippen MR) is 117 cm³/mol. The quantitative estimate of drug-likeness (QED) is 0.592. The highest BCUT2D eigenvalue weighted by molar-refractivity contribution is 5.76. The zero-order valence-electron chi connectivity index (χ0n) is 18.5. The fourth-order valence-electron chi connectivity index (χ4n) is 6.39. The minimum absolute atomic E-state index is 0.134. The molecule has 1 saturated carbocycles. The highest BCUT2D eigenvalue weighted by Gasteiger charge is 2.59. The number of aliphatic hydroxyl groups excluding tert-OH is 1. The molecule has 0 aromatic heterocycles. The van der Waals surface area contributed by atoms with Crippen LogP contribution in [-0.2, 0) is 9.53 Å². The van der Waals surface area contributed by atoms with Gasteiger partial charge in [0.15, 0.2) is 0 Å². The Labute approximate surface area is 183 Å². The smallest absolute Gasteiger partial charge is 0.311 e. The van der Waals surface area contributed by atoms with Gasteiger partial charge in [-0.05, 0) is 43.0 Å². The summed E-state index contributed by atoms with van der Waals surface area (Å²) in [6, 6.07) is 6.63. The van der Waals surface area contributed by atoms with Crippen LogP contribution in [0.25, 0.3) is 0 Å². The Morgan fingerprint density at radius 3 is 2.61 bits per heavy atom. The summed E-state index contributed by atoms with van der Waals surface area (Å²) < 4.78 is 19.0. The monoisotopic (exact) mass is 428 g/mol. The number of piperazine rings is 1. The second-order valence-electron chi connectivity index (χ2n) is 10.1. The Morgan fingerprint density at radius 2 is 1.90 bits per heavy atom. The first kappa shape index (κ1) is 21.0. The standard InChI is InChI=1S/C25H33FN2O3/c1-16-4-3-5-17-14-21-22(23(29)25(16,17)2)20(24(30)31-21)15-27-10-12-28(13-11-27)19-8-6-18(26)7-9-19/h5-9,16,20-23,29H,3-4,10-15H2,1-2H3/t16-,20+,21+,22-,23+,25+/m0/s1. The molecule has 1 N–H and O–H groups in total. The van der Waals surface area contributed by atoms with Crippen LogP contribution in [0.1, 0.15) is 33.1 Å². The van der Waals surface area contributed by atoms with E-state index in [9.17, 15) is 14.3 Å². The van der Waals surface area contributed by atoms with E-state index in [1.54, 1.807) is 0 Å². The van der Waals surface area contributed by atoms with Gasteiger partial charge < -0.3 is 14.7 Å². The van der Waals surface area contributed by atoms with E-state index >= 15 is 0 Å². The summed E-state index contributed by atoms with van der Waals surface area (Å²) in [5.74, 6) is -0.374. The molecule has 0 amide bonds. The molecule has 2 heterocycles. The third-order valence-electron chi connectivity index (χ3n) is 8.59. The van der Waals surface area contributed by atoms with Crippen LogP contribution in [0.4, 0.5) is 10.1 Å². The molecule has 0 unspecified atom stereocenters. The number of ether oxygens (including phenoxy) is 1. The number of anilines is 1. The van der Waals surface area contributed by atoms with E-state index in [0.717, 1.165) is 51.1 Å². The van der Waals surface area contributed by atoms with Crippen LogP contribution in [0.15, 0.2) is 35.9 Å². The topological polar surface area (TPSA) is 53.0 Å². The van der Waals surface area contributed by atoms with Crippen molar-refractivity contribution in [2.45, 2.75) is 45.3 Å². The van der Waals surface area contributed by atoms with Crippen molar-refractivity contribution in [3.63, 3.8) is 0 Å². The van der Waals surface area contributed by atoms with Crippen molar-refractivity contribution in [2.75, 3.05) is 37.6 Å². The van der Waals surface area contributed by atoms with Crippen LogP contribution in [0.3, 0.4) is 0 Å². The van der Waals surface area contributed by atoms with Gasteiger partial charge in [0, 0.05) is 56.2 Å². The second-order valence-corrected chi connectivity index (χ2v) is 10.1. The Morgan fingerprint density at radius 1 is 1.19 bits per heavy atom. The molecule has 6 heteroatoms. The number of carbonyl (C=O) groups is 1. The van der Waals surface area contributed by atoms with Crippen LogP contribution < -0.4 is 4.90 Å². The van der Waals surface area contributed by atoms with Gasteiger partial charge in [-0.25, -0.2) is 4.39 Å². The molecule has 2 aliphatic carbocycles. The van der Waals surface area contributed by atoms with Crippen LogP contribution in [0, 0.1) is 29.0 Å². The number of rotatable bonds is 3. The van der Waals surface area contributed by atoms with Crippen molar-refractivity contribution in [3.05, 3.63) is 41.7 Å². The number of esters is 1. The van der Waals surface area contributed by atoms with Gasteiger partial charge in [-0.1, -0.05) is 25.5 Å². The molecular weight excluding hydrogens is 395 g/mol. The van der Waals surface area contributed by atoms with Crippen molar-refractivity contribution in [1.82, 2.24) is 4.90 Å². The molecule has 1 aromatic carbocycles. The fourth-order valence-corrected chi connectivity index (χ4v) is 6.39. The van der Waals surface area contributed by atoms with Gasteiger partial charge in [-0.15, -0.1) is 0 Å². The average Bonchev–Trinajstić information content (AvgIpc) is 3.07. The molecule has 6 atom stereocenters. The first-order chi connectivity index (χ1) is 14.9. The molecule has 2 saturated heterocycles. The van der Waals surface area contributed by atoms with Crippen molar-refractivity contribution in [3.8, 4) is 0 Å². The molecule has 1 aromatic rings. The Hall–Kier alpha value is -1.92. The van der Waals surface area contributed by atoms with Gasteiger partial charge in [0.25, 0.3) is 0 Å². The summed E-state index contributed by atoms with van der Waals surface area (Å²) in [5.41, 5.74) is 2.05. The van der Waals surface area contributed by atoms with E-state index in [4.69, 9.17) is 4.74 Å². The molecule has 5 rings (SSSR count). The Kier molecular flexibility index (Phi) is 5.33. The molecule has 4 aliphatic rings. The Balaban J connectivity index is 1.27. The first-order valence-corrected chi connectivity index (χ1v) is 11.7. The molecule has 5 nitrogen and oxygen atoms in total. The summed E-state index contributed by atoms with van der Waals surface area (Å²) >= 11 is 0. The van der Waals surface area contributed by atoms with E-state index in [-0.39, 0.29) is 35.1 Å². The number of aliphatic hydroxyl groups is 1. The number of benzene rings is 1. The summed E-state index contributed by atoms with van der Waals surface area (Å²) in [4.78, 5) is 17.4. The second kappa shape index (κ2) is 7.89. The van der Waals surface area contributed by atoms with E-state index in [1.807, 2.05) is 12.1 Å². The zero-order chi connectivity index (χ0) is 21.8. The van der Waals surface area contributed by atoms with E-state index in [0.29, 0.717) is 12.5 Å². The van der Waals surface area contributed by atoms with Gasteiger partial charge in [-0.3, -0.25) is 9.69 Å². The van der Waals surface area contributed by atoms with E-state index in [1.165, 1.54) is 17.7 Å². The SMILES string of the molecule is C[C@H]1CCC=C2C[C@H]3OC(=O)[C@H](CN4CCN(c5ccc(F)cc5)CC4)[C@@H]3[C@@H](O)[C@@]21C. The summed E-state index contributed by atoms with van der Waals surface area (Å²) in [6.45, 7) is 8.42. The summed E-state index contributed by atoms with van der Waals surface area (Å²) in [5, 5.41) is 11.5. The van der Waals surface area contributed by atoms with Crippen molar-refractivity contribution < 1.29 is 19.0 Å². The molecule has 3 fully saturated rings. The number of hydrogen-bond acceptors (Lipinski definition) is 5. The molecule has 168 valence electrons. The van der Waals surface area contributed by atoms with Crippen molar-refractivity contribution in [2.24, 2.45) is 23.2 Å². The average molecular weight is 429 g/mol. The van der Waals surface area contributed by atoms with E-state index < -0.39 is 6.10 Å². The van der Waals surface area contributed by atoms with Crippen LogP contribution in [0.2, 0.25) is 0 Å². The third kappa shape index (κ3) is 3.48. The maximum absolute atomic E-state index is 13.2. The lowest BCUT2D eigenvalue weighted by atomic mass is 9.55. The number of hydrogen-bond donors (Lipinski definition) is 1. The van der Waals surface area contributed by atoms with E-state index in [2.05, 4.69) is 29.7 Å². The minimum Gasteiger partial charge on any atom is -0.461 e. The lowest BCUT2D eigenvalue weighted by Gasteiger charge is -2.52. The number of nitrogens with zero attached hydrogens (tertiary/aromatic N) is 2. The number of carbonyl (C=O) groups excluding carboxylic acids is 1. The Bertz CT molecular complexity index is 864. The van der Waals surface area contributed by atoms with Crippen LogP contribution in [-0.4, -0.2) is 60.9 Å². The lowest BCUT2D eigenvalue weighted by molar-refractivity contribution is -0.145. The minimum atomic E-state index is -0.551. The van der Waals surface area contributed by atoms with Crippen molar-refractivity contribution >= 4 is 11.7 Å². The number of halogens is 1. The third-order valence-corrected chi connectivity index (χ3v) is 8.59. The van der Waals surface area contributed by atoms with Gasteiger partial charge >= 0.3 is 5.97 Å². The first-order valence-electron chi connectivity index (χ1n) is 11.7. The zero-order valence-corrected chi connectivity index (χ0v) is 18.5. The molecule has 0 spiro atoms. The van der Waals surface area contributed by atoms with Gasteiger partial charge in [0.1, 0.15) is 11.9 Å². The van der Waals surface area contributed by atoms with Crippen LogP contribution in [0.5, 0.6) is 0 Å². The summed E-state index contributed by atoms with van der Waals surface area (Å²) in [7, 11) is 0. The lowest BCUT2D eigenvalue weighted by Crippen LogP contribution is -2.55. The molecule has 0 radical (unpaired) electrons. The molecular formula is C25H33FN2O3.